The van der Waals surface area contributed by atoms with Crippen molar-refractivity contribution in [2.45, 2.75) is 46.3 Å². The van der Waals surface area contributed by atoms with Gasteiger partial charge in [0.25, 0.3) is 0 Å². The van der Waals surface area contributed by atoms with Crippen molar-refractivity contribution < 1.29 is 19.2 Å². The molecule has 3 N–H and O–H groups in total. The van der Waals surface area contributed by atoms with Crippen LogP contribution in [0.15, 0.2) is 53.8 Å². The Morgan fingerprint density at radius 3 is 2.66 bits per heavy atom. The Bertz CT molecular complexity index is 1350. The largest absolute Gasteiger partial charge is 0.456 e. The number of aromatic nitrogens is 1. The average Bonchev–Trinajstić information content (AvgIpc) is 3.29. The van der Waals surface area contributed by atoms with Gasteiger partial charge in [-0.25, -0.2) is 9.78 Å². The van der Waals surface area contributed by atoms with Gasteiger partial charge in [-0.2, -0.15) is 0 Å². The Morgan fingerprint density at radius 1 is 1.09 bits per heavy atom. The molecule has 2 aliphatic rings. The second kappa shape index (κ2) is 8.90. The Hall–Kier alpha value is -4.14. The van der Waals surface area contributed by atoms with Gasteiger partial charge >= 0.3 is 6.03 Å². The highest BCUT2D eigenvalue weighted by Gasteiger charge is 2.30. The molecule has 0 spiro atoms. The smallest absolute Gasteiger partial charge is 0.322 e. The number of carbonyl (C=O) groups is 2. The minimum atomic E-state index is -0.503. The molecule has 3 heterocycles. The summed E-state index contributed by atoms with van der Waals surface area (Å²) in [4.78, 5) is 34.1. The number of nitrogens with one attached hydrogen (secondary N) is 3. The first-order chi connectivity index (χ1) is 16.8. The van der Waals surface area contributed by atoms with Crippen LogP contribution in [0.2, 0.25) is 0 Å². The molecule has 9 nitrogen and oxygen atoms in total. The van der Waals surface area contributed by atoms with Gasteiger partial charge in [-0.15, -0.1) is 0 Å². The SMILES string of the molecule is CC(C)(C)C1=NOC(NC(=O)Nc2ccc(Oc3ccnc4c3CCC(=O)N4)c3ccccc23)C1. The molecule has 3 amide bonds. The van der Waals surface area contributed by atoms with Gasteiger partial charge in [0.1, 0.15) is 17.3 Å². The number of rotatable bonds is 4. The van der Waals surface area contributed by atoms with Crippen molar-refractivity contribution in [1.82, 2.24) is 10.3 Å². The summed E-state index contributed by atoms with van der Waals surface area (Å²) in [6.45, 7) is 6.18. The fraction of sp³-hybridized carbons (Fsp3) is 0.308. The van der Waals surface area contributed by atoms with Crippen LogP contribution in [0.1, 0.15) is 39.2 Å². The van der Waals surface area contributed by atoms with Crippen LogP contribution >= 0.6 is 0 Å². The lowest BCUT2D eigenvalue weighted by atomic mass is 9.88. The molecular weight excluding hydrogens is 446 g/mol. The van der Waals surface area contributed by atoms with Gasteiger partial charge in [-0.05, 0) is 24.6 Å². The zero-order valence-electron chi connectivity index (χ0n) is 19.8. The standard InChI is InChI=1S/C26H27N5O4/c1-26(2,3)21-14-23(35-31-21)30-25(33)28-18-9-10-19(16-7-5-4-6-15(16)18)34-20-12-13-27-24-17(20)8-11-22(32)29-24/h4-7,9-10,12-13,23H,8,11,14H2,1-3H3,(H,27,29,32)(H2,28,30,33). The predicted octanol–water partition coefficient (Wildman–Crippen LogP) is 5.18. The third-order valence-electron chi connectivity index (χ3n) is 6.05. The van der Waals surface area contributed by atoms with E-state index < -0.39 is 6.23 Å². The molecule has 1 aromatic heterocycles. The second-order valence-corrected chi connectivity index (χ2v) is 9.63. The van der Waals surface area contributed by atoms with Crippen molar-refractivity contribution in [3.05, 3.63) is 54.2 Å². The van der Waals surface area contributed by atoms with Crippen LogP contribution < -0.4 is 20.7 Å². The molecule has 3 aromatic rings. The van der Waals surface area contributed by atoms with Crippen LogP contribution in [0.3, 0.4) is 0 Å². The van der Waals surface area contributed by atoms with E-state index in [0.29, 0.717) is 42.3 Å². The van der Waals surface area contributed by atoms with Crippen molar-refractivity contribution in [2.75, 3.05) is 10.6 Å². The van der Waals surface area contributed by atoms with Crippen molar-refractivity contribution in [3.63, 3.8) is 0 Å². The number of carbonyl (C=O) groups excluding carboxylic acids is 2. The van der Waals surface area contributed by atoms with Gasteiger partial charge in [0.2, 0.25) is 12.1 Å². The molecule has 0 bridgehead atoms. The maximum Gasteiger partial charge on any atom is 0.322 e. The Morgan fingerprint density at radius 2 is 1.89 bits per heavy atom. The van der Waals surface area contributed by atoms with Crippen LogP contribution in [0.5, 0.6) is 11.5 Å². The number of amides is 3. The van der Waals surface area contributed by atoms with Gasteiger partial charge in [0.05, 0.1) is 11.4 Å². The highest BCUT2D eigenvalue weighted by Crippen LogP contribution is 2.37. The number of fused-ring (bicyclic) bond motifs is 2. The fourth-order valence-electron chi connectivity index (χ4n) is 4.14. The second-order valence-electron chi connectivity index (χ2n) is 9.63. The summed E-state index contributed by atoms with van der Waals surface area (Å²) in [5.74, 6) is 1.77. The maximum absolute atomic E-state index is 12.7. The van der Waals surface area contributed by atoms with Crippen LogP contribution in [0.25, 0.3) is 10.8 Å². The molecule has 0 aliphatic carbocycles. The van der Waals surface area contributed by atoms with Crippen LogP contribution in [-0.4, -0.2) is 28.9 Å². The molecule has 35 heavy (non-hydrogen) atoms. The molecule has 5 rings (SSSR count). The number of ether oxygens (including phenoxy) is 1. The average molecular weight is 474 g/mol. The topological polar surface area (TPSA) is 114 Å². The number of hydrogen-bond donors (Lipinski definition) is 3. The molecular formula is C26H27N5O4. The fourth-order valence-corrected chi connectivity index (χ4v) is 4.14. The van der Waals surface area contributed by atoms with E-state index in [1.54, 1.807) is 18.3 Å². The summed E-state index contributed by atoms with van der Waals surface area (Å²) in [6, 6.07) is 12.7. The molecule has 2 aromatic carbocycles. The number of oxime groups is 1. The zero-order valence-corrected chi connectivity index (χ0v) is 19.8. The monoisotopic (exact) mass is 473 g/mol. The Labute approximate surface area is 202 Å². The molecule has 0 saturated carbocycles. The molecule has 180 valence electrons. The quantitative estimate of drug-likeness (QED) is 0.483. The Kier molecular flexibility index (Phi) is 5.76. The van der Waals surface area contributed by atoms with Crippen molar-refractivity contribution in [1.29, 1.82) is 0 Å². The number of pyridine rings is 1. The van der Waals surface area contributed by atoms with Crippen molar-refractivity contribution in [2.24, 2.45) is 10.6 Å². The molecule has 0 saturated heterocycles. The zero-order chi connectivity index (χ0) is 24.6. The normalized spacial score (nSPS) is 17.2. The lowest BCUT2D eigenvalue weighted by Crippen LogP contribution is -2.38. The molecule has 0 radical (unpaired) electrons. The molecule has 1 unspecified atom stereocenters. The van der Waals surface area contributed by atoms with Crippen molar-refractivity contribution >= 4 is 39.9 Å². The van der Waals surface area contributed by atoms with Gasteiger partial charge in [0, 0.05) is 40.8 Å². The number of anilines is 2. The summed E-state index contributed by atoms with van der Waals surface area (Å²) >= 11 is 0. The van der Waals surface area contributed by atoms with Gasteiger partial charge in [0.15, 0.2) is 0 Å². The van der Waals surface area contributed by atoms with Crippen LogP contribution in [0, 0.1) is 5.41 Å². The number of urea groups is 1. The van der Waals surface area contributed by atoms with E-state index in [2.05, 4.69) is 46.9 Å². The summed E-state index contributed by atoms with van der Waals surface area (Å²) in [6.07, 6.45) is 2.60. The van der Waals surface area contributed by atoms with E-state index in [1.807, 2.05) is 30.3 Å². The van der Waals surface area contributed by atoms with E-state index >= 15 is 0 Å². The third-order valence-corrected chi connectivity index (χ3v) is 6.05. The summed E-state index contributed by atoms with van der Waals surface area (Å²) < 4.78 is 6.28. The van der Waals surface area contributed by atoms with E-state index in [9.17, 15) is 9.59 Å². The first-order valence-corrected chi connectivity index (χ1v) is 11.6. The first-order valence-electron chi connectivity index (χ1n) is 11.6. The van der Waals surface area contributed by atoms with Crippen LogP contribution in [0.4, 0.5) is 16.3 Å². The number of nitrogens with zero attached hydrogens (tertiary/aromatic N) is 2. The minimum Gasteiger partial charge on any atom is -0.456 e. The van der Waals surface area contributed by atoms with Gasteiger partial charge in [-0.3, -0.25) is 4.79 Å². The molecule has 2 aliphatic heterocycles. The number of hydrogen-bond acceptors (Lipinski definition) is 6. The predicted molar refractivity (Wildman–Crippen MR) is 134 cm³/mol. The highest BCUT2D eigenvalue weighted by molar-refractivity contribution is 6.04. The Balaban J connectivity index is 1.34. The molecule has 0 fully saturated rings. The lowest BCUT2D eigenvalue weighted by Gasteiger charge is -2.20. The number of benzene rings is 2. The van der Waals surface area contributed by atoms with Gasteiger partial charge in [-0.1, -0.05) is 50.2 Å². The van der Waals surface area contributed by atoms with Crippen molar-refractivity contribution in [3.8, 4) is 11.5 Å². The summed E-state index contributed by atoms with van der Waals surface area (Å²) in [5, 5.41) is 14.3. The molecule has 9 heteroatoms. The van der Waals surface area contributed by atoms with E-state index in [4.69, 9.17) is 9.57 Å². The summed E-state index contributed by atoms with van der Waals surface area (Å²) in [5.41, 5.74) is 2.31. The molecule has 1 atom stereocenters. The van der Waals surface area contributed by atoms with Gasteiger partial charge < -0.3 is 25.5 Å². The summed E-state index contributed by atoms with van der Waals surface area (Å²) in [7, 11) is 0. The van der Waals surface area contributed by atoms with E-state index in [-0.39, 0.29) is 17.4 Å². The third kappa shape index (κ3) is 4.75. The maximum atomic E-state index is 12.7. The minimum absolute atomic E-state index is 0.0505. The van der Waals surface area contributed by atoms with E-state index in [1.165, 1.54) is 0 Å². The van der Waals surface area contributed by atoms with Crippen LogP contribution in [-0.2, 0) is 16.1 Å². The first kappa shape index (κ1) is 22.6. The van der Waals surface area contributed by atoms with E-state index in [0.717, 1.165) is 22.0 Å². The lowest BCUT2D eigenvalue weighted by molar-refractivity contribution is -0.116. The highest BCUT2D eigenvalue weighted by atomic mass is 16.7.